The van der Waals surface area contributed by atoms with Gasteiger partial charge in [0.2, 0.25) is 0 Å². The molecule has 0 unspecified atom stereocenters. The molecule has 0 amide bonds. The molecule has 1 aromatic heterocycles. The molecule has 6 nitrogen and oxygen atoms in total. The molecule has 1 rings (SSSR count). The van der Waals surface area contributed by atoms with Crippen LogP contribution < -0.4 is 10.6 Å². The molecule has 0 aliphatic carbocycles. The van der Waals surface area contributed by atoms with Gasteiger partial charge < -0.3 is 15.4 Å². The summed E-state index contributed by atoms with van der Waals surface area (Å²) >= 11 is 1.73. The van der Waals surface area contributed by atoms with E-state index in [4.69, 9.17) is 0 Å². The predicted molar refractivity (Wildman–Crippen MR) is 110 cm³/mol. The number of guanidine groups is 1. The molecular weight excluding hydrogens is 439 g/mol. The van der Waals surface area contributed by atoms with Gasteiger partial charge >= 0.3 is 5.97 Å². The van der Waals surface area contributed by atoms with E-state index in [1.807, 2.05) is 6.20 Å². The Labute approximate surface area is 165 Å². The van der Waals surface area contributed by atoms with Gasteiger partial charge in [-0.3, -0.25) is 9.79 Å². The standard InChI is InChI=1S/C16H28N4O2S.HI/c1-4-17-16(18-10-7-5-6-8-15(21)22-3)19-11-9-14-20-12-13(2)23-14;/h12H,4-11H2,1-3H3,(H2,17,18,19);1H. The van der Waals surface area contributed by atoms with Gasteiger partial charge in [0.1, 0.15) is 0 Å². The molecule has 0 spiro atoms. The van der Waals surface area contributed by atoms with E-state index in [-0.39, 0.29) is 29.9 Å². The number of unbranched alkanes of at least 4 members (excludes halogenated alkanes) is 2. The van der Waals surface area contributed by atoms with Gasteiger partial charge in [-0.25, -0.2) is 4.98 Å². The van der Waals surface area contributed by atoms with Crippen molar-refractivity contribution in [3.05, 3.63) is 16.1 Å². The highest BCUT2D eigenvalue weighted by Gasteiger charge is 2.01. The number of esters is 1. The van der Waals surface area contributed by atoms with Crippen LogP contribution >= 0.6 is 35.3 Å². The Morgan fingerprint density at radius 3 is 2.75 bits per heavy atom. The molecule has 2 N–H and O–H groups in total. The minimum Gasteiger partial charge on any atom is -0.469 e. The van der Waals surface area contributed by atoms with Gasteiger partial charge in [-0.2, -0.15) is 0 Å². The van der Waals surface area contributed by atoms with E-state index in [0.717, 1.165) is 56.3 Å². The Bertz CT molecular complexity index is 494. The number of thiazole rings is 1. The van der Waals surface area contributed by atoms with E-state index in [0.29, 0.717) is 6.42 Å². The number of carbonyl (C=O) groups is 1. The molecule has 0 aliphatic rings. The number of nitrogens with zero attached hydrogens (tertiary/aromatic N) is 2. The summed E-state index contributed by atoms with van der Waals surface area (Å²) in [6, 6.07) is 0. The number of rotatable bonds is 10. The minimum atomic E-state index is -0.138. The van der Waals surface area contributed by atoms with Crippen LogP contribution in [0.4, 0.5) is 0 Å². The number of hydrogen-bond acceptors (Lipinski definition) is 5. The molecule has 0 saturated carbocycles. The number of methoxy groups -OCH3 is 1. The Balaban J connectivity index is 0.00000529. The minimum absolute atomic E-state index is 0. The maximum Gasteiger partial charge on any atom is 0.305 e. The van der Waals surface area contributed by atoms with Crippen LogP contribution in [0.15, 0.2) is 11.2 Å². The number of nitrogens with one attached hydrogen (secondary N) is 2. The molecular formula is C16H29IN4O2S. The fourth-order valence-corrected chi connectivity index (χ4v) is 2.78. The van der Waals surface area contributed by atoms with Crippen molar-refractivity contribution in [2.24, 2.45) is 4.99 Å². The van der Waals surface area contributed by atoms with E-state index >= 15 is 0 Å². The predicted octanol–water partition coefficient (Wildman–Crippen LogP) is 2.90. The van der Waals surface area contributed by atoms with Gasteiger partial charge in [-0.1, -0.05) is 6.42 Å². The molecule has 0 atom stereocenters. The zero-order valence-corrected chi connectivity index (χ0v) is 17.9. The van der Waals surface area contributed by atoms with Gasteiger partial charge in [0, 0.05) is 43.5 Å². The van der Waals surface area contributed by atoms with Crippen molar-refractivity contribution in [3.63, 3.8) is 0 Å². The van der Waals surface area contributed by atoms with E-state index in [2.05, 4.69) is 39.2 Å². The quantitative estimate of drug-likeness (QED) is 0.182. The summed E-state index contributed by atoms with van der Waals surface area (Å²) in [7, 11) is 1.42. The Morgan fingerprint density at radius 2 is 2.12 bits per heavy atom. The van der Waals surface area contributed by atoms with Crippen LogP contribution in [0.2, 0.25) is 0 Å². The van der Waals surface area contributed by atoms with Crippen LogP contribution in [0.1, 0.15) is 42.5 Å². The Kier molecular flexibility index (Phi) is 13.9. The molecule has 0 fully saturated rings. The lowest BCUT2D eigenvalue weighted by molar-refractivity contribution is -0.140. The third-order valence-corrected chi connectivity index (χ3v) is 4.15. The molecule has 0 saturated heterocycles. The topological polar surface area (TPSA) is 75.6 Å². The van der Waals surface area contributed by atoms with Crippen LogP contribution in [0.5, 0.6) is 0 Å². The van der Waals surface area contributed by atoms with Gasteiger partial charge in [0.25, 0.3) is 0 Å². The first-order valence-corrected chi connectivity index (χ1v) is 8.97. The highest BCUT2D eigenvalue weighted by atomic mass is 127. The first-order chi connectivity index (χ1) is 11.2. The molecule has 138 valence electrons. The highest BCUT2D eigenvalue weighted by Crippen LogP contribution is 2.10. The van der Waals surface area contributed by atoms with E-state index in [1.54, 1.807) is 11.3 Å². The second-order valence-electron chi connectivity index (χ2n) is 5.19. The van der Waals surface area contributed by atoms with Crippen molar-refractivity contribution in [2.45, 2.75) is 46.0 Å². The summed E-state index contributed by atoms with van der Waals surface area (Å²) in [4.78, 5) is 21.1. The zero-order chi connectivity index (χ0) is 16.9. The second-order valence-corrected chi connectivity index (χ2v) is 6.51. The molecule has 0 radical (unpaired) electrons. The third-order valence-electron chi connectivity index (χ3n) is 3.18. The fourth-order valence-electron chi connectivity index (χ4n) is 2.00. The van der Waals surface area contributed by atoms with Crippen LogP contribution in [0.25, 0.3) is 0 Å². The fraction of sp³-hybridized carbons (Fsp3) is 0.688. The number of hydrogen-bond donors (Lipinski definition) is 2. The number of aromatic nitrogens is 1. The summed E-state index contributed by atoms with van der Waals surface area (Å²) in [5.74, 6) is 0.703. The summed E-state index contributed by atoms with van der Waals surface area (Å²) < 4.78 is 4.62. The van der Waals surface area contributed by atoms with Crippen molar-refractivity contribution in [2.75, 3.05) is 26.7 Å². The largest absolute Gasteiger partial charge is 0.469 e. The molecule has 1 heterocycles. The lowest BCUT2D eigenvalue weighted by Gasteiger charge is -2.10. The number of aliphatic imine (C=N–C) groups is 1. The molecule has 0 bridgehead atoms. The van der Waals surface area contributed by atoms with Crippen LogP contribution in [-0.4, -0.2) is 43.7 Å². The van der Waals surface area contributed by atoms with Crippen molar-refractivity contribution < 1.29 is 9.53 Å². The summed E-state index contributed by atoms with van der Waals surface area (Å²) in [5.41, 5.74) is 0. The first kappa shape index (κ1) is 23.1. The number of carbonyl (C=O) groups excluding carboxylic acids is 1. The zero-order valence-electron chi connectivity index (χ0n) is 14.8. The monoisotopic (exact) mass is 468 g/mol. The average Bonchev–Trinajstić information content (AvgIpc) is 2.95. The Hall–Kier alpha value is -0.900. The molecule has 0 aliphatic heterocycles. The summed E-state index contributed by atoms with van der Waals surface area (Å²) in [6.07, 6.45) is 6.12. The number of ether oxygens (including phenoxy) is 1. The average molecular weight is 468 g/mol. The summed E-state index contributed by atoms with van der Waals surface area (Å²) in [6.45, 7) is 6.54. The first-order valence-electron chi connectivity index (χ1n) is 8.16. The van der Waals surface area contributed by atoms with E-state index < -0.39 is 0 Å². The smallest absolute Gasteiger partial charge is 0.305 e. The van der Waals surface area contributed by atoms with Crippen LogP contribution in [-0.2, 0) is 16.0 Å². The van der Waals surface area contributed by atoms with Crippen molar-refractivity contribution in [3.8, 4) is 0 Å². The Morgan fingerprint density at radius 1 is 1.33 bits per heavy atom. The van der Waals surface area contributed by atoms with Crippen molar-refractivity contribution in [1.29, 1.82) is 0 Å². The van der Waals surface area contributed by atoms with Gasteiger partial charge in [-0.05, 0) is 26.7 Å². The lowest BCUT2D eigenvalue weighted by atomic mass is 10.2. The van der Waals surface area contributed by atoms with Crippen LogP contribution in [0.3, 0.4) is 0 Å². The maximum absolute atomic E-state index is 11.0. The SMILES string of the molecule is CCNC(=NCCCCCC(=O)OC)NCCc1ncc(C)s1.I. The maximum atomic E-state index is 11.0. The van der Waals surface area contributed by atoms with Gasteiger partial charge in [-0.15, -0.1) is 35.3 Å². The highest BCUT2D eigenvalue weighted by molar-refractivity contribution is 14.0. The number of halogens is 1. The molecule has 1 aromatic rings. The van der Waals surface area contributed by atoms with Crippen LogP contribution in [0, 0.1) is 6.92 Å². The summed E-state index contributed by atoms with van der Waals surface area (Å²) in [5, 5.41) is 7.72. The normalized spacial score (nSPS) is 10.9. The van der Waals surface area contributed by atoms with Crippen molar-refractivity contribution in [1.82, 2.24) is 15.6 Å². The van der Waals surface area contributed by atoms with Gasteiger partial charge in [0.05, 0.1) is 12.1 Å². The molecule has 8 heteroatoms. The second kappa shape index (κ2) is 14.4. The van der Waals surface area contributed by atoms with E-state index in [1.165, 1.54) is 12.0 Å². The lowest BCUT2D eigenvalue weighted by Crippen LogP contribution is -2.38. The van der Waals surface area contributed by atoms with Crippen molar-refractivity contribution >= 4 is 47.2 Å². The molecule has 24 heavy (non-hydrogen) atoms. The van der Waals surface area contributed by atoms with E-state index in [9.17, 15) is 4.79 Å². The molecule has 0 aromatic carbocycles. The third kappa shape index (κ3) is 10.8. The van der Waals surface area contributed by atoms with Gasteiger partial charge in [0.15, 0.2) is 5.96 Å². The number of aryl methyl sites for hydroxylation is 1.